The van der Waals surface area contributed by atoms with Crippen LogP contribution in [0.25, 0.3) is 22.2 Å². The maximum atomic E-state index is 12.3. The third kappa shape index (κ3) is 3.77. The van der Waals surface area contributed by atoms with Crippen LogP contribution in [-0.4, -0.2) is 21.2 Å². The quantitative estimate of drug-likeness (QED) is 0.547. The number of fused-ring (bicyclic) bond motifs is 1. The molecule has 0 unspecified atom stereocenters. The molecule has 1 aromatic carbocycles. The van der Waals surface area contributed by atoms with E-state index in [1.807, 2.05) is 24.3 Å². The van der Waals surface area contributed by atoms with Gasteiger partial charge in [-0.15, -0.1) is 0 Å². The average molecular weight is 333 g/mol. The van der Waals surface area contributed by atoms with Crippen molar-refractivity contribution in [2.24, 2.45) is 0 Å². The molecule has 124 valence electrons. The summed E-state index contributed by atoms with van der Waals surface area (Å²) in [5.41, 5.74) is 3.98. The fraction of sp³-hybridized carbons (Fsp3) is 0.0500. The zero-order chi connectivity index (χ0) is 17.6. The van der Waals surface area contributed by atoms with Crippen LogP contribution in [0.2, 0.25) is 0 Å². The summed E-state index contributed by atoms with van der Waals surface area (Å²) in [5, 5.41) is 0.835. The molecule has 4 rings (SSSR count). The molecule has 1 N–H and O–H groups in total. The third-order valence-electron chi connectivity index (χ3n) is 3.76. The van der Waals surface area contributed by atoms with E-state index < -0.39 is 0 Å². The van der Waals surface area contributed by atoms with E-state index in [0.29, 0.717) is 11.1 Å². The van der Waals surface area contributed by atoms with Gasteiger partial charge in [-0.3, -0.25) is 9.78 Å². The maximum absolute atomic E-state index is 12.3. The van der Waals surface area contributed by atoms with Gasteiger partial charge in [0, 0.05) is 46.9 Å². The molecule has 3 aromatic heterocycles. The summed E-state index contributed by atoms with van der Waals surface area (Å²) in [6.07, 6.45) is 7.76. The van der Waals surface area contributed by atoms with Gasteiger partial charge in [-0.05, 0) is 30.7 Å². The minimum Gasteiger partial charge on any atom is -0.345 e. The summed E-state index contributed by atoms with van der Waals surface area (Å²) in [6, 6.07) is 12.5. The van der Waals surface area contributed by atoms with Gasteiger partial charge < -0.3 is 4.98 Å². The number of nitrogens with one attached hydrogen (secondary N) is 1. The highest BCUT2D eigenvalue weighted by molar-refractivity contribution is 5.97. The molecule has 0 bridgehead atoms. The Morgan fingerprint density at radius 2 is 1.92 bits per heavy atom. The zero-order valence-corrected chi connectivity index (χ0v) is 13.6. The molecule has 0 aliphatic carbocycles. The summed E-state index contributed by atoms with van der Waals surface area (Å²) in [5.74, 6) is -0.132. The van der Waals surface area contributed by atoms with E-state index in [-0.39, 0.29) is 5.82 Å². The van der Waals surface area contributed by atoms with Gasteiger partial charge in [0.2, 0.25) is 0 Å². The number of nitrogens with zero attached hydrogens (tertiary/aromatic N) is 2. The van der Waals surface area contributed by atoms with Crippen LogP contribution in [-0.2, 0) is 0 Å². The van der Waals surface area contributed by atoms with Crippen LogP contribution in [0.4, 0.5) is 4.39 Å². The number of carbonyl (C=O) groups is 1. The first-order valence-electron chi connectivity index (χ1n) is 7.73. The van der Waals surface area contributed by atoms with Gasteiger partial charge in [0.15, 0.2) is 6.29 Å². The number of carbonyl (C=O) groups excluding carboxylic acids is 1. The number of hydrogen-bond donors (Lipinski definition) is 1. The normalized spacial score (nSPS) is 10.2. The van der Waals surface area contributed by atoms with Crippen molar-refractivity contribution < 1.29 is 9.18 Å². The van der Waals surface area contributed by atoms with Crippen LogP contribution in [0.3, 0.4) is 0 Å². The van der Waals surface area contributed by atoms with E-state index in [1.54, 1.807) is 43.8 Å². The van der Waals surface area contributed by atoms with E-state index in [2.05, 4.69) is 15.0 Å². The molecule has 0 saturated heterocycles. The van der Waals surface area contributed by atoms with Crippen molar-refractivity contribution in [2.45, 2.75) is 6.92 Å². The fourth-order valence-electron chi connectivity index (χ4n) is 2.36. The van der Waals surface area contributed by atoms with Gasteiger partial charge in [0.25, 0.3) is 0 Å². The van der Waals surface area contributed by atoms with Gasteiger partial charge in [-0.25, -0.2) is 9.37 Å². The van der Waals surface area contributed by atoms with Crippen LogP contribution in [0.1, 0.15) is 15.9 Å². The average Bonchev–Trinajstić information content (AvgIpc) is 3.08. The Balaban J connectivity index is 0.000000192. The third-order valence-corrected chi connectivity index (χ3v) is 3.76. The van der Waals surface area contributed by atoms with Gasteiger partial charge in [0.05, 0.1) is 0 Å². The SMILES string of the molecule is Cc1ccccc1F.O=Cc1c[nH]c2ncc(-c3cccnc3)cc12. The molecule has 0 amide bonds. The van der Waals surface area contributed by atoms with Crippen molar-refractivity contribution in [2.75, 3.05) is 0 Å². The standard InChI is InChI=1S/C13H9N3O.C7H7F/c17-8-11-7-16-13-12(11)4-10(6-15-13)9-2-1-3-14-5-9;1-6-4-2-3-5-7(6)8/h1-8H,(H,15,16);2-5H,1H3. The molecule has 0 spiro atoms. The summed E-state index contributed by atoms with van der Waals surface area (Å²) < 4.78 is 12.3. The van der Waals surface area contributed by atoms with Crippen LogP contribution in [0.5, 0.6) is 0 Å². The molecule has 3 heterocycles. The Morgan fingerprint density at radius 1 is 1.08 bits per heavy atom. The Kier molecular flexibility index (Phi) is 4.95. The number of aldehydes is 1. The number of aryl methyl sites for hydroxylation is 1. The number of aromatic nitrogens is 3. The minimum atomic E-state index is -0.132. The van der Waals surface area contributed by atoms with Crippen LogP contribution in [0.15, 0.2) is 67.3 Å². The Hall–Kier alpha value is -3.34. The van der Waals surface area contributed by atoms with E-state index >= 15 is 0 Å². The lowest BCUT2D eigenvalue weighted by Crippen LogP contribution is -1.83. The Morgan fingerprint density at radius 3 is 2.56 bits per heavy atom. The number of rotatable bonds is 2. The van der Waals surface area contributed by atoms with E-state index in [9.17, 15) is 9.18 Å². The minimum absolute atomic E-state index is 0.132. The Labute approximate surface area is 144 Å². The molecule has 0 radical (unpaired) electrons. The van der Waals surface area contributed by atoms with E-state index in [4.69, 9.17) is 0 Å². The molecule has 0 saturated carbocycles. The molecule has 0 aliphatic rings. The van der Waals surface area contributed by atoms with Crippen molar-refractivity contribution in [1.82, 2.24) is 15.0 Å². The number of benzene rings is 1. The first-order valence-corrected chi connectivity index (χ1v) is 7.73. The first-order chi connectivity index (χ1) is 12.2. The monoisotopic (exact) mass is 333 g/mol. The largest absolute Gasteiger partial charge is 0.345 e. The summed E-state index contributed by atoms with van der Waals surface area (Å²) in [6.45, 7) is 1.75. The molecule has 0 aliphatic heterocycles. The van der Waals surface area contributed by atoms with Gasteiger partial charge in [-0.1, -0.05) is 24.3 Å². The Bertz CT molecular complexity index is 975. The molecular weight excluding hydrogens is 317 g/mol. The predicted molar refractivity (Wildman–Crippen MR) is 95.8 cm³/mol. The van der Waals surface area contributed by atoms with Crippen LogP contribution >= 0.6 is 0 Å². The highest BCUT2D eigenvalue weighted by Gasteiger charge is 2.06. The van der Waals surface area contributed by atoms with Crippen molar-refractivity contribution >= 4 is 17.3 Å². The number of H-pyrrole nitrogens is 1. The van der Waals surface area contributed by atoms with Gasteiger partial charge in [0.1, 0.15) is 11.5 Å². The molecule has 25 heavy (non-hydrogen) atoms. The lowest BCUT2D eigenvalue weighted by atomic mass is 10.1. The van der Waals surface area contributed by atoms with Crippen molar-refractivity contribution in [3.8, 4) is 11.1 Å². The number of aromatic amines is 1. The maximum Gasteiger partial charge on any atom is 0.152 e. The number of halogens is 1. The number of pyridine rings is 2. The van der Waals surface area contributed by atoms with Crippen molar-refractivity contribution in [3.05, 3.63) is 84.2 Å². The first kappa shape index (κ1) is 16.5. The van der Waals surface area contributed by atoms with E-state index in [0.717, 1.165) is 28.4 Å². The van der Waals surface area contributed by atoms with Gasteiger partial charge in [-0.2, -0.15) is 0 Å². The number of hydrogen-bond acceptors (Lipinski definition) is 3. The fourth-order valence-corrected chi connectivity index (χ4v) is 2.36. The second-order valence-electron chi connectivity index (χ2n) is 5.47. The second kappa shape index (κ2) is 7.49. The topological polar surface area (TPSA) is 58.6 Å². The summed E-state index contributed by atoms with van der Waals surface area (Å²) >= 11 is 0. The lowest BCUT2D eigenvalue weighted by molar-refractivity contribution is 0.112. The molecule has 5 heteroatoms. The predicted octanol–water partition coefficient (Wildman–Crippen LogP) is 4.57. The van der Waals surface area contributed by atoms with Crippen LogP contribution < -0.4 is 0 Å². The molecular formula is C20H16FN3O. The summed E-state index contributed by atoms with van der Waals surface area (Å²) in [4.78, 5) is 22.2. The van der Waals surface area contributed by atoms with Crippen molar-refractivity contribution in [1.29, 1.82) is 0 Å². The molecule has 0 atom stereocenters. The lowest BCUT2D eigenvalue weighted by Gasteiger charge is -2.00. The van der Waals surface area contributed by atoms with E-state index in [1.165, 1.54) is 6.07 Å². The van der Waals surface area contributed by atoms with Crippen LogP contribution in [0, 0.1) is 12.7 Å². The second-order valence-corrected chi connectivity index (χ2v) is 5.47. The highest BCUT2D eigenvalue weighted by atomic mass is 19.1. The molecule has 4 nitrogen and oxygen atoms in total. The smallest absolute Gasteiger partial charge is 0.152 e. The molecule has 0 fully saturated rings. The highest BCUT2D eigenvalue weighted by Crippen LogP contribution is 2.23. The molecule has 4 aromatic rings. The summed E-state index contributed by atoms with van der Waals surface area (Å²) in [7, 11) is 0. The van der Waals surface area contributed by atoms with Gasteiger partial charge >= 0.3 is 0 Å². The van der Waals surface area contributed by atoms with Crippen molar-refractivity contribution in [3.63, 3.8) is 0 Å². The zero-order valence-electron chi connectivity index (χ0n) is 13.6.